The summed E-state index contributed by atoms with van der Waals surface area (Å²) in [6.07, 6.45) is 5.23. The standard InChI is InChI=1S/C18H34N4O.HI/c1-6-19-16(22-13-17(2,3)18(22,4)5)20-12-11-15(23)21-14-9-7-8-10-14;/h14H,6-13H2,1-5H3,(H,19,20)(H,21,23);1H. The second-order valence-corrected chi connectivity index (χ2v) is 8.06. The van der Waals surface area contributed by atoms with Gasteiger partial charge in [-0.05, 0) is 33.6 Å². The van der Waals surface area contributed by atoms with Crippen LogP contribution in [0.1, 0.15) is 66.7 Å². The average Bonchev–Trinajstić information content (AvgIpc) is 2.97. The van der Waals surface area contributed by atoms with Crippen LogP contribution in [0.5, 0.6) is 0 Å². The molecule has 6 heteroatoms. The largest absolute Gasteiger partial charge is 0.356 e. The molecule has 24 heavy (non-hydrogen) atoms. The molecule has 2 fully saturated rings. The number of halogens is 1. The monoisotopic (exact) mass is 450 g/mol. The smallest absolute Gasteiger partial charge is 0.222 e. The van der Waals surface area contributed by atoms with Crippen LogP contribution in [0.2, 0.25) is 0 Å². The summed E-state index contributed by atoms with van der Waals surface area (Å²) < 4.78 is 0. The van der Waals surface area contributed by atoms with Gasteiger partial charge in [-0.3, -0.25) is 9.79 Å². The summed E-state index contributed by atoms with van der Waals surface area (Å²) in [6, 6.07) is 0.398. The molecule has 0 radical (unpaired) electrons. The third kappa shape index (κ3) is 4.76. The van der Waals surface area contributed by atoms with Crippen LogP contribution in [0.3, 0.4) is 0 Å². The van der Waals surface area contributed by atoms with E-state index in [1.807, 2.05) is 0 Å². The highest BCUT2D eigenvalue weighted by molar-refractivity contribution is 14.0. The molecule has 0 unspecified atom stereocenters. The van der Waals surface area contributed by atoms with Gasteiger partial charge in [0.05, 0.1) is 6.54 Å². The lowest BCUT2D eigenvalue weighted by Gasteiger charge is -2.62. The molecule has 1 amide bonds. The molecule has 0 aromatic rings. The Morgan fingerprint density at radius 2 is 1.83 bits per heavy atom. The minimum atomic E-state index is 0. The maximum atomic E-state index is 12.0. The minimum Gasteiger partial charge on any atom is -0.356 e. The van der Waals surface area contributed by atoms with Crippen LogP contribution in [-0.2, 0) is 4.79 Å². The normalized spacial score (nSPS) is 22.5. The Labute approximate surface area is 164 Å². The molecule has 5 nitrogen and oxygen atoms in total. The van der Waals surface area contributed by atoms with Gasteiger partial charge < -0.3 is 15.5 Å². The van der Waals surface area contributed by atoms with Crippen molar-refractivity contribution >= 4 is 35.8 Å². The maximum absolute atomic E-state index is 12.0. The molecule has 0 aromatic heterocycles. The van der Waals surface area contributed by atoms with E-state index in [-0.39, 0.29) is 40.8 Å². The number of nitrogens with one attached hydrogen (secondary N) is 2. The first kappa shape index (κ1) is 21.5. The Hall–Kier alpha value is -0.530. The molecule has 1 saturated heterocycles. The van der Waals surface area contributed by atoms with Crippen molar-refractivity contribution in [1.29, 1.82) is 0 Å². The van der Waals surface area contributed by atoms with Crippen LogP contribution in [0, 0.1) is 5.41 Å². The molecule has 2 rings (SSSR count). The third-order valence-electron chi connectivity index (χ3n) is 5.80. The zero-order valence-electron chi connectivity index (χ0n) is 15.9. The molecule has 0 spiro atoms. The third-order valence-corrected chi connectivity index (χ3v) is 5.80. The summed E-state index contributed by atoms with van der Waals surface area (Å²) in [5.41, 5.74) is 0.364. The van der Waals surface area contributed by atoms with Gasteiger partial charge in [0.2, 0.25) is 5.91 Å². The summed E-state index contributed by atoms with van der Waals surface area (Å²) in [5.74, 6) is 1.07. The molecular formula is C18H35IN4O. The number of hydrogen-bond donors (Lipinski definition) is 2. The number of aliphatic imine (C=N–C) groups is 1. The SMILES string of the molecule is CCNC(=NCCC(=O)NC1CCCC1)N1CC(C)(C)C1(C)C.I. The predicted octanol–water partition coefficient (Wildman–Crippen LogP) is 3.14. The minimum absolute atomic E-state index is 0. The van der Waals surface area contributed by atoms with Gasteiger partial charge in [0.15, 0.2) is 5.96 Å². The van der Waals surface area contributed by atoms with Gasteiger partial charge in [-0.2, -0.15) is 0 Å². The van der Waals surface area contributed by atoms with Crippen LogP contribution in [0.4, 0.5) is 0 Å². The molecule has 0 atom stereocenters. The van der Waals surface area contributed by atoms with Crippen LogP contribution < -0.4 is 10.6 Å². The van der Waals surface area contributed by atoms with Gasteiger partial charge in [0, 0.05) is 36.5 Å². The number of amides is 1. The first-order valence-corrected chi connectivity index (χ1v) is 9.13. The van der Waals surface area contributed by atoms with Crippen molar-refractivity contribution < 1.29 is 4.79 Å². The fourth-order valence-electron chi connectivity index (χ4n) is 3.43. The number of rotatable bonds is 5. The van der Waals surface area contributed by atoms with Gasteiger partial charge in [-0.1, -0.05) is 26.7 Å². The van der Waals surface area contributed by atoms with E-state index in [4.69, 9.17) is 0 Å². The fraction of sp³-hybridized carbons (Fsp3) is 0.889. The summed E-state index contributed by atoms with van der Waals surface area (Å²) in [4.78, 5) is 19.0. The van der Waals surface area contributed by atoms with Gasteiger partial charge >= 0.3 is 0 Å². The van der Waals surface area contributed by atoms with Crippen LogP contribution in [-0.4, -0.2) is 48.0 Å². The van der Waals surface area contributed by atoms with Crippen molar-refractivity contribution in [2.45, 2.75) is 78.3 Å². The van der Waals surface area contributed by atoms with Gasteiger partial charge in [0.25, 0.3) is 0 Å². The lowest BCUT2D eigenvalue weighted by molar-refractivity contribution is -0.121. The second kappa shape index (κ2) is 8.72. The number of carbonyl (C=O) groups excluding carboxylic acids is 1. The van der Waals surface area contributed by atoms with E-state index in [2.05, 4.69) is 55.1 Å². The Morgan fingerprint density at radius 3 is 2.33 bits per heavy atom. The van der Waals surface area contributed by atoms with E-state index < -0.39 is 0 Å². The van der Waals surface area contributed by atoms with E-state index in [0.717, 1.165) is 31.9 Å². The highest BCUT2D eigenvalue weighted by Gasteiger charge is 2.53. The second-order valence-electron chi connectivity index (χ2n) is 8.06. The molecule has 2 aliphatic rings. The molecule has 1 saturated carbocycles. The van der Waals surface area contributed by atoms with Gasteiger partial charge in [-0.15, -0.1) is 24.0 Å². The van der Waals surface area contributed by atoms with E-state index in [1.54, 1.807) is 0 Å². The van der Waals surface area contributed by atoms with Crippen LogP contribution in [0.25, 0.3) is 0 Å². The highest BCUT2D eigenvalue weighted by atomic mass is 127. The van der Waals surface area contributed by atoms with E-state index in [9.17, 15) is 4.79 Å². The number of hydrogen-bond acceptors (Lipinski definition) is 2. The molecular weight excluding hydrogens is 415 g/mol. The summed E-state index contributed by atoms with van der Waals surface area (Å²) in [7, 11) is 0. The molecule has 0 bridgehead atoms. The van der Waals surface area contributed by atoms with E-state index in [1.165, 1.54) is 12.8 Å². The number of nitrogens with zero attached hydrogens (tertiary/aromatic N) is 2. The summed E-state index contributed by atoms with van der Waals surface area (Å²) >= 11 is 0. The lowest BCUT2D eigenvalue weighted by Crippen LogP contribution is -2.72. The van der Waals surface area contributed by atoms with Crippen molar-refractivity contribution in [1.82, 2.24) is 15.5 Å². The van der Waals surface area contributed by atoms with Gasteiger partial charge in [0.1, 0.15) is 0 Å². The van der Waals surface area contributed by atoms with E-state index >= 15 is 0 Å². The molecule has 2 N–H and O–H groups in total. The molecule has 1 aliphatic carbocycles. The van der Waals surface area contributed by atoms with Crippen molar-refractivity contribution in [3.05, 3.63) is 0 Å². The number of guanidine groups is 1. The maximum Gasteiger partial charge on any atom is 0.222 e. The number of likely N-dealkylation sites (tertiary alicyclic amines) is 1. The van der Waals surface area contributed by atoms with E-state index in [0.29, 0.717) is 19.0 Å². The van der Waals surface area contributed by atoms with Crippen LogP contribution in [0.15, 0.2) is 4.99 Å². The molecule has 140 valence electrons. The average molecular weight is 450 g/mol. The molecule has 1 aliphatic heterocycles. The van der Waals surface area contributed by atoms with Crippen molar-refractivity contribution in [3.63, 3.8) is 0 Å². The lowest BCUT2D eigenvalue weighted by atomic mass is 9.65. The Kier molecular flexibility index (Phi) is 7.81. The van der Waals surface area contributed by atoms with Crippen molar-refractivity contribution in [3.8, 4) is 0 Å². The Bertz CT molecular complexity index is 456. The highest BCUT2D eigenvalue weighted by Crippen LogP contribution is 2.46. The van der Waals surface area contributed by atoms with Crippen LogP contribution >= 0.6 is 24.0 Å². The summed E-state index contributed by atoms with van der Waals surface area (Å²) in [5, 5.41) is 6.50. The fourth-order valence-corrected chi connectivity index (χ4v) is 3.43. The molecule has 0 aromatic carbocycles. The first-order chi connectivity index (χ1) is 10.8. The quantitative estimate of drug-likeness (QED) is 0.385. The predicted molar refractivity (Wildman–Crippen MR) is 111 cm³/mol. The summed E-state index contributed by atoms with van der Waals surface area (Å²) in [6.45, 7) is 13.6. The Balaban J connectivity index is 0.00000288. The zero-order valence-corrected chi connectivity index (χ0v) is 18.3. The van der Waals surface area contributed by atoms with Crippen molar-refractivity contribution in [2.24, 2.45) is 10.4 Å². The Morgan fingerprint density at radius 1 is 1.21 bits per heavy atom. The zero-order chi connectivity index (χ0) is 17.1. The number of carbonyl (C=O) groups is 1. The van der Waals surface area contributed by atoms with Gasteiger partial charge in [-0.25, -0.2) is 0 Å². The molecule has 1 heterocycles. The first-order valence-electron chi connectivity index (χ1n) is 9.13. The topological polar surface area (TPSA) is 56.7 Å². The van der Waals surface area contributed by atoms with Crippen molar-refractivity contribution in [2.75, 3.05) is 19.6 Å².